The molecule has 10 nitrogen and oxygen atoms in total. The Bertz CT molecular complexity index is 1520. The second kappa shape index (κ2) is 7.74. The lowest BCUT2D eigenvalue weighted by Crippen LogP contribution is -2.23. The first kappa shape index (κ1) is 20.5. The van der Waals surface area contributed by atoms with Crippen LogP contribution in [-0.4, -0.2) is 35.8 Å². The van der Waals surface area contributed by atoms with Gasteiger partial charge in [0.05, 0.1) is 6.07 Å². The van der Waals surface area contributed by atoms with Crippen molar-refractivity contribution in [3.05, 3.63) is 64.0 Å². The molecule has 6 rings (SSSR count). The zero-order valence-corrected chi connectivity index (χ0v) is 18.7. The molecule has 2 N–H and O–H groups in total. The van der Waals surface area contributed by atoms with Crippen molar-refractivity contribution in [2.24, 2.45) is 0 Å². The summed E-state index contributed by atoms with van der Waals surface area (Å²) in [5.41, 5.74) is 3.13. The third kappa shape index (κ3) is 3.24. The zero-order chi connectivity index (χ0) is 23.3. The number of nitrogens with zero attached hydrogens (tertiary/aromatic N) is 7. The maximum atomic E-state index is 13.1. The molecule has 1 aliphatic heterocycles. The van der Waals surface area contributed by atoms with Crippen LogP contribution in [0.25, 0.3) is 16.9 Å². The maximum absolute atomic E-state index is 13.1. The highest BCUT2D eigenvalue weighted by molar-refractivity contribution is 5.77. The van der Waals surface area contributed by atoms with E-state index in [4.69, 9.17) is 4.98 Å². The van der Waals surface area contributed by atoms with E-state index in [1.54, 1.807) is 27.8 Å². The molecule has 2 aliphatic rings. The van der Waals surface area contributed by atoms with Gasteiger partial charge in [-0.1, -0.05) is 6.07 Å². The molecule has 3 aromatic heterocycles. The molecule has 1 aromatic carbocycles. The molecule has 0 bridgehead atoms. The minimum atomic E-state index is -0.626. The van der Waals surface area contributed by atoms with Gasteiger partial charge in [-0.25, -0.2) is 24.3 Å². The molecule has 1 saturated carbocycles. The number of hydrogen-bond acceptors (Lipinski definition) is 8. The molecule has 0 saturated heterocycles. The first-order valence-corrected chi connectivity index (χ1v) is 11.4. The average molecular weight is 454 g/mol. The van der Waals surface area contributed by atoms with Crippen LogP contribution in [0.15, 0.2) is 41.5 Å². The summed E-state index contributed by atoms with van der Waals surface area (Å²) >= 11 is 0. The lowest BCUT2D eigenvalue weighted by atomic mass is 10.0. The van der Waals surface area contributed by atoms with E-state index in [9.17, 15) is 10.1 Å². The largest absolute Gasteiger partial charge is 0.324 e. The molecular weight excluding hydrogens is 430 g/mol. The summed E-state index contributed by atoms with van der Waals surface area (Å²) in [7, 11) is 0. The highest BCUT2D eigenvalue weighted by Gasteiger charge is 2.48. The van der Waals surface area contributed by atoms with Gasteiger partial charge < -0.3 is 10.6 Å². The number of fused-ring (bicyclic) bond motifs is 2. The van der Waals surface area contributed by atoms with Crippen LogP contribution in [0.4, 0.5) is 11.6 Å². The van der Waals surface area contributed by atoms with E-state index in [-0.39, 0.29) is 5.56 Å². The molecule has 0 amide bonds. The van der Waals surface area contributed by atoms with Crippen LogP contribution < -0.4 is 16.2 Å². The summed E-state index contributed by atoms with van der Waals surface area (Å²) in [5, 5.41) is 16.6. The van der Waals surface area contributed by atoms with Crippen LogP contribution in [0.1, 0.15) is 36.7 Å². The van der Waals surface area contributed by atoms with Crippen molar-refractivity contribution in [1.29, 1.82) is 5.26 Å². The van der Waals surface area contributed by atoms with E-state index in [0.717, 1.165) is 38.0 Å². The van der Waals surface area contributed by atoms with Crippen molar-refractivity contribution >= 4 is 22.7 Å². The highest BCUT2D eigenvalue weighted by atomic mass is 16.1. The van der Waals surface area contributed by atoms with Crippen LogP contribution in [0.2, 0.25) is 0 Å². The van der Waals surface area contributed by atoms with Gasteiger partial charge >= 0.3 is 0 Å². The zero-order valence-electron chi connectivity index (χ0n) is 18.7. The van der Waals surface area contributed by atoms with E-state index in [2.05, 4.69) is 43.8 Å². The standard InChI is InChI=1S/C24H23N9O/c1-2-32-21(34)18-13-28-23(29-17-4-3-15-5-9-26-12-16(15)11-17)31-20(18)33(32)19-6-10-27-22(30-19)24(14-25)7-8-24/h3-4,6,10-11,13,26H,2,5,7-9,12H2,1H3,(H,28,29,31). The fourth-order valence-electron chi connectivity index (χ4n) is 4.50. The molecule has 4 heterocycles. The van der Waals surface area contributed by atoms with E-state index < -0.39 is 5.41 Å². The van der Waals surface area contributed by atoms with Gasteiger partial charge in [-0.3, -0.25) is 4.79 Å². The Morgan fingerprint density at radius 3 is 2.88 bits per heavy atom. The molecule has 0 spiro atoms. The quantitative estimate of drug-likeness (QED) is 0.472. The summed E-state index contributed by atoms with van der Waals surface area (Å²) in [5.74, 6) is 1.38. The third-order valence-corrected chi connectivity index (χ3v) is 6.57. The van der Waals surface area contributed by atoms with Crippen LogP contribution in [0.3, 0.4) is 0 Å². The van der Waals surface area contributed by atoms with Gasteiger partial charge in [0.1, 0.15) is 10.8 Å². The lowest BCUT2D eigenvalue weighted by Gasteiger charge is -2.18. The summed E-state index contributed by atoms with van der Waals surface area (Å²) in [6.07, 6.45) is 5.68. The first-order chi connectivity index (χ1) is 16.6. The van der Waals surface area contributed by atoms with Crippen molar-refractivity contribution < 1.29 is 0 Å². The molecule has 170 valence electrons. The Morgan fingerprint density at radius 1 is 1.21 bits per heavy atom. The fraction of sp³-hybridized carbons (Fsp3) is 0.333. The molecular formula is C24H23N9O. The molecule has 0 atom stereocenters. The molecule has 34 heavy (non-hydrogen) atoms. The van der Waals surface area contributed by atoms with Gasteiger partial charge in [0.15, 0.2) is 17.3 Å². The van der Waals surface area contributed by atoms with E-state index in [0.29, 0.717) is 35.2 Å². The first-order valence-electron chi connectivity index (χ1n) is 11.4. The van der Waals surface area contributed by atoms with Gasteiger partial charge in [0.2, 0.25) is 5.95 Å². The number of hydrogen-bond donors (Lipinski definition) is 2. The van der Waals surface area contributed by atoms with Gasteiger partial charge in [-0.2, -0.15) is 10.2 Å². The van der Waals surface area contributed by atoms with Crippen LogP contribution in [0.5, 0.6) is 0 Å². The molecule has 0 unspecified atom stereocenters. The van der Waals surface area contributed by atoms with Gasteiger partial charge in [-0.05, 0) is 56.0 Å². The minimum Gasteiger partial charge on any atom is -0.324 e. The Morgan fingerprint density at radius 2 is 2.09 bits per heavy atom. The Balaban J connectivity index is 1.44. The molecule has 1 fully saturated rings. The summed E-state index contributed by atoms with van der Waals surface area (Å²) in [4.78, 5) is 31.2. The monoisotopic (exact) mass is 453 g/mol. The maximum Gasteiger partial charge on any atom is 0.278 e. The molecule has 1 aliphatic carbocycles. The third-order valence-electron chi connectivity index (χ3n) is 6.57. The van der Waals surface area contributed by atoms with Crippen molar-refractivity contribution in [1.82, 2.24) is 34.6 Å². The van der Waals surface area contributed by atoms with Gasteiger partial charge in [0, 0.05) is 37.2 Å². The summed E-state index contributed by atoms with van der Waals surface area (Å²) in [6.45, 7) is 4.15. The van der Waals surface area contributed by atoms with Crippen LogP contribution in [-0.2, 0) is 24.9 Å². The number of anilines is 2. The predicted octanol–water partition coefficient (Wildman–Crippen LogP) is 2.34. The van der Waals surface area contributed by atoms with Gasteiger partial charge in [0.25, 0.3) is 5.56 Å². The topological polar surface area (TPSA) is 126 Å². The van der Waals surface area contributed by atoms with Crippen molar-refractivity contribution in [3.8, 4) is 11.9 Å². The van der Waals surface area contributed by atoms with Crippen LogP contribution in [0, 0.1) is 11.3 Å². The number of benzene rings is 1. The number of nitriles is 1. The number of rotatable bonds is 5. The summed E-state index contributed by atoms with van der Waals surface area (Å²) < 4.78 is 3.27. The van der Waals surface area contributed by atoms with Crippen molar-refractivity contribution in [2.45, 2.75) is 44.7 Å². The number of aromatic nitrogens is 6. The van der Waals surface area contributed by atoms with Gasteiger partial charge in [-0.15, -0.1) is 0 Å². The van der Waals surface area contributed by atoms with E-state index >= 15 is 0 Å². The highest BCUT2D eigenvalue weighted by Crippen LogP contribution is 2.45. The SMILES string of the molecule is CCn1c(=O)c2cnc(Nc3ccc4c(c3)CNCC4)nc2n1-c1ccnc(C2(C#N)CC2)n1. The fourth-order valence-corrected chi connectivity index (χ4v) is 4.50. The predicted molar refractivity (Wildman–Crippen MR) is 126 cm³/mol. The smallest absolute Gasteiger partial charge is 0.278 e. The van der Waals surface area contributed by atoms with E-state index in [1.807, 2.05) is 13.0 Å². The lowest BCUT2D eigenvalue weighted by molar-refractivity contribution is 0.564. The number of nitrogens with one attached hydrogen (secondary N) is 2. The average Bonchev–Trinajstić information content (AvgIpc) is 3.63. The molecule has 4 aromatic rings. The van der Waals surface area contributed by atoms with Crippen molar-refractivity contribution in [2.75, 3.05) is 11.9 Å². The Labute approximate surface area is 195 Å². The minimum absolute atomic E-state index is 0.189. The van der Waals surface area contributed by atoms with Crippen molar-refractivity contribution in [3.63, 3.8) is 0 Å². The second-order valence-electron chi connectivity index (χ2n) is 8.73. The summed E-state index contributed by atoms with van der Waals surface area (Å²) in [6, 6.07) is 10.3. The molecule has 10 heteroatoms. The Hall–Kier alpha value is -4.10. The molecule has 0 radical (unpaired) electrons. The Kier molecular flexibility index (Phi) is 4.67. The normalized spacial score (nSPS) is 16.1. The van der Waals surface area contributed by atoms with E-state index in [1.165, 1.54) is 11.1 Å². The van der Waals surface area contributed by atoms with Crippen LogP contribution >= 0.6 is 0 Å². The second-order valence-corrected chi connectivity index (χ2v) is 8.73.